The topological polar surface area (TPSA) is 93.1 Å². The Kier molecular flexibility index (Phi) is 4.55. The molecule has 1 heterocycles. The Morgan fingerprint density at radius 2 is 1.69 bits per heavy atom. The van der Waals surface area contributed by atoms with Crippen LogP contribution in [-0.2, 0) is 10.0 Å². The lowest BCUT2D eigenvalue weighted by Gasteiger charge is -2.20. The third kappa shape index (κ3) is 3.92. The number of sulfonamides is 1. The molecule has 0 unspecified atom stereocenters. The van der Waals surface area contributed by atoms with Gasteiger partial charge in [-0.2, -0.15) is 0 Å². The number of hydrogen-bond donors (Lipinski definition) is 2. The van der Waals surface area contributed by atoms with Crippen molar-refractivity contribution in [2.24, 2.45) is 0 Å². The van der Waals surface area contributed by atoms with Gasteiger partial charge in [-0.15, -0.1) is 0 Å². The van der Waals surface area contributed by atoms with Crippen molar-refractivity contribution in [1.82, 2.24) is 14.4 Å². The number of nitrogens with one attached hydrogen (secondary N) is 2. The standard InChI is InChI=1S/C18H20N4O3S/c1-18(2,3)21-26(24,25)14-10-8-13(9-11-14)17(23)20-22-12-19-15-6-4-5-7-16(15)22/h4-12,21H,1-3H3,(H,20,23). The number of rotatable bonds is 4. The van der Waals surface area contributed by atoms with Crippen molar-refractivity contribution in [3.8, 4) is 0 Å². The summed E-state index contributed by atoms with van der Waals surface area (Å²) in [6, 6.07) is 13.2. The minimum atomic E-state index is -3.64. The van der Waals surface area contributed by atoms with Crippen LogP contribution in [0.2, 0.25) is 0 Å². The summed E-state index contributed by atoms with van der Waals surface area (Å²) in [5.41, 5.74) is 4.03. The highest BCUT2D eigenvalue weighted by molar-refractivity contribution is 7.89. The van der Waals surface area contributed by atoms with Gasteiger partial charge in [0.15, 0.2) is 0 Å². The van der Waals surface area contributed by atoms with Gasteiger partial charge in [-0.3, -0.25) is 10.2 Å². The van der Waals surface area contributed by atoms with Gasteiger partial charge in [-0.25, -0.2) is 22.8 Å². The van der Waals surface area contributed by atoms with E-state index < -0.39 is 15.6 Å². The van der Waals surface area contributed by atoms with E-state index >= 15 is 0 Å². The van der Waals surface area contributed by atoms with E-state index in [0.29, 0.717) is 5.56 Å². The minimum absolute atomic E-state index is 0.108. The van der Waals surface area contributed by atoms with E-state index in [1.165, 1.54) is 35.3 Å². The van der Waals surface area contributed by atoms with E-state index in [4.69, 9.17) is 0 Å². The van der Waals surface area contributed by atoms with Crippen LogP contribution in [0.5, 0.6) is 0 Å². The molecule has 1 aromatic heterocycles. The lowest BCUT2D eigenvalue weighted by molar-refractivity contribution is 0.101. The molecular weight excluding hydrogens is 352 g/mol. The number of nitrogens with zero attached hydrogens (tertiary/aromatic N) is 2. The number of para-hydroxylation sites is 2. The zero-order chi connectivity index (χ0) is 18.9. The lowest BCUT2D eigenvalue weighted by atomic mass is 10.1. The van der Waals surface area contributed by atoms with Crippen molar-refractivity contribution >= 4 is 27.0 Å². The third-order valence-corrected chi connectivity index (χ3v) is 5.32. The fraction of sp³-hybridized carbons (Fsp3) is 0.222. The van der Waals surface area contributed by atoms with E-state index in [2.05, 4.69) is 15.1 Å². The summed E-state index contributed by atoms with van der Waals surface area (Å²) < 4.78 is 28.7. The number of aromatic nitrogens is 2. The van der Waals surface area contributed by atoms with E-state index in [9.17, 15) is 13.2 Å². The van der Waals surface area contributed by atoms with Crippen LogP contribution in [0, 0.1) is 0 Å². The second-order valence-corrected chi connectivity index (χ2v) is 8.61. The summed E-state index contributed by atoms with van der Waals surface area (Å²) in [7, 11) is -3.64. The van der Waals surface area contributed by atoms with Crippen molar-refractivity contribution in [2.45, 2.75) is 31.2 Å². The normalized spacial score (nSPS) is 12.3. The van der Waals surface area contributed by atoms with Gasteiger partial charge >= 0.3 is 0 Å². The van der Waals surface area contributed by atoms with Crippen LogP contribution in [-0.4, -0.2) is 29.5 Å². The Morgan fingerprint density at radius 1 is 1.04 bits per heavy atom. The SMILES string of the molecule is CC(C)(C)NS(=O)(=O)c1ccc(C(=O)Nn2cnc3ccccc32)cc1. The van der Waals surface area contributed by atoms with Crippen molar-refractivity contribution in [3.05, 3.63) is 60.4 Å². The van der Waals surface area contributed by atoms with Gasteiger partial charge in [0.1, 0.15) is 6.33 Å². The molecule has 0 atom stereocenters. The van der Waals surface area contributed by atoms with Gasteiger partial charge in [0, 0.05) is 11.1 Å². The maximum Gasteiger partial charge on any atom is 0.270 e. The molecule has 0 fully saturated rings. The molecule has 3 rings (SSSR count). The maximum atomic E-state index is 12.4. The summed E-state index contributed by atoms with van der Waals surface area (Å²) in [5.74, 6) is -0.360. The molecule has 0 radical (unpaired) electrons. The number of fused-ring (bicyclic) bond motifs is 1. The van der Waals surface area contributed by atoms with Gasteiger partial charge in [0.2, 0.25) is 10.0 Å². The second kappa shape index (κ2) is 6.54. The maximum absolute atomic E-state index is 12.4. The zero-order valence-corrected chi connectivity index (χ0v) is 15.5. The van der Waals surface area contributed by atoms with Crippen molar-refractivity contribution < 1.29 is 13.2 Å². The number of amides is 1. The molecular formula is C18H20N4O3S. The molecule has 3 aromatic rings. The Bertz CT molecular complexity index is 1050. The Balaban J connectivity index is 1.79. The van der Waals surface area contributed by atoms with Crippen LogP contribution in [0.25, 0.3) is 11.0 Å². The molecule has 0 aliphatic carbocycles. The second-order valence-electron chi connectivity index (χ2n) is 6.92. The van der Waals surface area contributed by atoms with Gasteiger partial charge < -0.3 is 0 Å². The summed E-state index contributed by atoms with van der Waals surface area (Å²) >= 11 is 0. The van der Waals surface area contributed by atoms with Crippen molar-refractivity contribution in [1.29, 1.82) is 0 Å². The molecule has 0 bridgehead atoms. The molecule has 1 amide bonds. The predicted octanol–water partition coefficient (Wildman–Crippen LogP) is 2.50. The molecule has 2 N–H and O–H groups in total. The van der Waals surface area contributed by atoms with Crippen LogP contribution in [0.1, 0.15) is 31.1 Å². The first-order valence-electron chi connectivity index (χ1n) is 8.03. The highest BCUT2D eigenvalue weighted by atomic mass is 32.2. The number of imidazole rings is 1. The van der Waals surface area contributed by atoms with E-state index in [1.54, 1.807) is 20.8 Å². The fourth-order valence-corrected chi connectivity index (χ4v) is 3.89. The molecule has 7 nitrogen and oxygen atoms in total. The van der Waals surface area contributed by atoms with E-state index in [0.717, 1.165) is 11.0 Å². The Labute approximate surface area is 152 Å². The number of carbonyl (C=O) groups excluding carboxylic acids is 1. The average Bonchev–Trinajstić information content (AvgIpc) is 2.96. The van der Waals surface area contributed by atoms with Gasteiger partial charge in [0.05, 0.1) is 15.9 Å². The highest BCUT2D eigenvalue weighted by Gasteiger charge is 2.22. The smallest absolute Gasteiger partial charge is 0.267 e. The summed E-state index contributed by atoms with van der Waals surface area (Å²) in [6.07, 6.45) is 1.52. The van der Waals surface area contributed by atoms with Crippen LogP contribution < -0.4 is 10.1 Å². The number of carbonyl (C=O) groups is 1. The van der Waals surface area contributed by atoms with Crippen LogP contribution in [0.4, 0.5) is 0 Å². The Morgan fingerprint density at radius 3 is 2.35 bits per heavy atom. The van der Waals surface area contributed by atoms with Gasteiger partial charge in [0.25, 0.3) is 5.91 Å². The summed E-state index contributed by atoms with van der Waals surface area (Å²) in [6.45, 7) is 5.30. The first-order chi connectivity index (χ1) is 12.2. The Hall–Kier alpha value is -2.71. The molecule has 2 aromatic carbocycles. The molecule has 0 saturated heterocycles. The number of benzene rings is 2. The summed E-state index contributed by atoms with van der Waals surface area (Å²) in [4.78, 5) is 16.7. The molecule has 26 heavy (non-hydrogen) atoms. The number of hydrogen-bond acceptors (Lipinski definition) is 4. The average molecular weight is 372 g/mol. The predicted molar refractivity (Wildman–Crippen MR) is 99.9 cm³/mol. The lowest BCUT2D eigenvalue weighted by Crippen LogP contribution is -2.40. The quantitative estimate of drug-likeness (QED) is 0.736. The van der Waals surface area contributed by atoms with Crippen molar-refractivity contribution in [2.75, 3.05) is 5.43 Å². The molecule has 0 spiro atoms. The van der Waals surface area contributed by atoms with Crippen LogP contribution in [0.3, 0.4) is 0 Å². The highest BCUT2D eigenvalue weighted by Crippen LogP contribution is 2.15. The third-order valence-electron chi connectivity index (χ3n) is 3.54. The molecule has 8 heteroatoms. The van der Waals surface area contributed by atoms with E-state index in [1.807, 2.05) is 24.3 Å². The van der Waals surface area contributed by atoms with Gasteiger partial charge in [-0.1, -0.05) is 12.1 Å². The minimum Gasteiger partial charge on any atom is -0.267 e. The molecule has 0 aliphatic rings. The molecule has 0 saturated carbocycles. The van der Waals surface area contributed by atoms with E-state index in [-0.39, 0.29) is 10.8 Å². The fourth-order valence-electron chi connectivity index (χ4n) is 2.47. The molecule has 0 aliphatic heterocycles. The monoisotopic (exact) mass is 372 g/mol. The van der Waals surface area contributed by atoms with Crippen LogP contribution in [0.15, 0.2) is 59.8 Å². The van der Waals surface area contributed by atoms with Gasteiger partial charge in [-0.05, 0) is 57.2 Å². The van der Waals surface area contributed by atoms with Crippen LogP contribution >= 0.6 is 0 Å². The zero-order valence-electron chi connectivity index (χ0n) is 14.7. The first-order valence-corrected chi connectivity index (χ1v) is 9.51. The largest absolute Gasteiger partial charge is 0.270 e. The first kappa shape index (κ1) is 18.1. The summed E-state index contributed by atoms with van der Waals surface area (Å²) in [5, 5.41) is 0. The van der Waals surface area contributed by atoms with Crippen molar-refractivity contribution in [3.63, 3.8) is 0 Å². The molecule has 136 valence electrons.